The molecule has 1 aliphatic rings. The zero-order chi connectivity index (χ0) is 13.2. The molecule has 0 bridgehead atoms. The van der Waals surface area contributed by atoms with Crippen molar-refractivity contribution >= 4 is 34.1 Å². The lowest BCUT2D eigenvalue weighted by atomic mass is 10.2. The van der Waals surface area contributed by atoms with E-state index in [1.54, 1.807) is 0 Å². The van der Waals surface area contributed by atoms with Gasteiger partial charge in [-0.05, 0) is 12.8 Å². The third-order valence-corrected chi connectivity index (χ3v) is 3.28. The molecule has 5 nitrogen and oxygen atoms in total. The van der Waals surface area contributed by atoms with E-state index in [0.29, 0.717) is 17.0 Å². The lowest BCUT2D eigenvalue weighted by Crippen LogP contribution is -2.31. The molecule has 0 radical (unpaired) electrons. The molecule has 6 heteroatoms. The summed E-state index contributed by atoms with van der Waals surface area (Å²) in [4.78, 5) is 11.6. The molecular formula is C13H13ClN4O. The van der Waals surface area contributed by atoms with Crippen LogP contribution in [0.5, 0.6) is 0 Å². The van der Waals surface area contributed by atoms with Gasteiger partial charge in [0.2, 0.25) is 5.91 Å². The maximum Gasteiger partial charge on any atom is 0.239 e. The Morgan fingerprint density at radius 1 is 1.26 bits per heavy atom. The molecule has 0 saturated heterocycles. The van der Waals surface area contributed by atoms with E-state index in [1.165, 1.54) is 0 Å². The minimum atomic E-state index is -0.0247. The second kappa shape index (κ2) is 5.01. The Labute approximate surface area is 115 Å². The first-order valence-electron chi connectivity index (χ1n) is 6.18. The number of hydrogen-bond donors (Lipinski definition) is 2. The van der Waals surface area contributed by atoms with Gasteiger partial charge < -0.3 is 10.6 Å². The van der Waals surface area contributed by atoms with Crippen molar-refractivity contribution in [3.63, 3.8) is 0 Å². The molecule has 1 heterocycles. The van der Waals surface area contributed by atoms with Crippen LogP contribution in [0.25, 0.3) is 10.8 Å². The maximum absolute atomic E-state index is 11.6. The number of aromatic nitrogens is 2. The molecule has 2 N–H and O–H groups in total. The minimum absolute atomic E-state index is 0.0247. The molecule has 1 aromatic carbocycles. The van der Waals surface area contributed by atoms with Gasteiger partial charge in [-0.2, -0.15) is 0 Å². The predicted molar refractivity (Wildman–Crippen MR) is 74.2 cm³/mol. The van der Waals surface area contributed by atoms with Crippen LogP contribution in [-0.2, 0) is 4.79 Å². The fourth-order valence-electron chi connectivity index (χ4n) is 1.87. The van der Waals surface area contributed by atoms with Gasteiger partial charge in [-0.25, -0.2) is 0 Å². The monoisotopic (exact) mass is 276 g/mol. The maximum atomic E-state index is 11.6. The van der Waals surface area contributed by atoms with E-state index in [4.69, 9.17) is 11.6 Å². The van der Waals surface area contributed by atoms with E-state index >= 15 is 0 Å². The van der Waals surface area contributed by atoms with E-state index in [1.807, 2.05) is 24.3 Å². The molecule has 1 aliphatic carbocycles. The first-order chi connectivity index (χ1) is 9.24. The molecule has 98 valence electrons. The summed E-state index contributed by atoms with van der Waals surface area (Å²) in [5.74, 6) is 0.550. The van der Waals surface area contributed by atoms with Crippen molar-refractivity contribution in [2.45, 2.75) is 18.9 Å². The minimum Gasteiger partial charge on any atom is -0.359 e. The van der Waals surface area contributed by atoms with Gasteiger partial charge in [0.1, 0.15) is 0 Å². The summed E-state index contributed by atoms with van der Waals surface area (Å²) in [6, 6.07) is 7.93. The van der Waals surface area contributed by atoms with Gasteiger partial charge in [-0.3, -0.25) is 4.79 Å². The van der Waals surface area contributed by atoms with Gasteiger partial charge in [-0.1, -0.05) is 35.9 Å². The second-order valence-electron chi connectivity index (χ2n) is 4.58. The van der Waals surface area contributed by atoms with Gasteiger partial charge in [0.15, 0.2) is 11.0 Å². The summed E-state index contributed by atoms with van der Waals surface area (Å²) >= 11 is 5.99. The smallest absolute Gasteiger partial charge is 0.239 e. The SMILES string of the molecule is O=C(CNc1nnc(Cl)c2ccccc12)NC1CC1. The van der Waals surface area contributed by atoms with Crippen LogP contribution in [0.1, 0.15) is 12.8 Å². The summed E-state index contributed by atoms with van der Waals surface area (Å²) in [6.45, 7) is 0.191. The van der Waals surface area contributed by atoms with Crippen LogP contribution in [0.15, 0.2) is 24.3 Å². The van der Waals surface area contributed by atoms with Crippen LogP contribution in [0.2, 0.25) is 5.15 Å². The molecule has 1 saturated carbocycles. The topological polar surface area (TPSA) is 66.9 Å². The number of halogens is 1. The highest BCUT2D eigenvalue weighted by atomic mass is 35.5. The summed E-state index contributed by atoms with van der Waals surface area (Å²) < 4.78 is 0. The van der Waals surface area contributed by atoms with Gasteiger partial charge in [0.25, 0.3) is 0 Å². The Balaban J connectivity index is 1.76. The van der Waals surface area contributed by atoms with Crippen LogP contribution in [0.4, 0.5) is 5.82 Å². The lowest BCUT2D eigenvalue weighted by molar-refractivity contribution is -0.119. The molecule has 2 aromatic rings. The number of benzene rings is 1. The largest absolute Gasteiger partial charge is 0.359 e. The van der Waals surface area contributed by atoms with Crippen molar-refractivity contribution in [2.75, 3.05) is 11.9 Å². The summed E-state index contributed by atoms with van der Waals surface area (Å²) in [5, 5.41) is 15.8. The molecule has 0 atom stereocenters. The highest BCUT2D eigenvalue weighted by Crippen LogP contribution is 2.25. The predicted octanol–water partition coefficient (Wildman–Crippen LogP) is 1.97. The van der Waals surface area contributed by atoms with E-state index in [2.05, 4.69) is 20.8 Å². The number of carbonyl (C=O) groups is 1. The molecule has 0 spiro atoms. The van der Waals surface area contributed by atoms with Gasteiger partial charge in [-0.15, -0.1) is 10.2 Å². The Morgan fingerprint density at radius 2 is 2.00 bits per heavy atom. The first-order valence-corrected chi connectivity index (χ1v) is 6.56. The van der Waals surface area contributed by atoms with Crippen molar-refractivity contribution in [2.24, 2.45) is 0 Å². The Hall–Kier alpha value is -1.88. The lowest BCUT2D eigenvalue weighted by Gasteiger charge is -2.08. The summed E-state index contributed by atoms with van der Waals surface area (Å²) in [6.07, 6.45) is 2.16. The van der Waals surface area contributed by atoms with E-state index in [9.17, 15) is 4.79 Å². The average molecular weight is 277 g/mol. The molecular weight excluding hydrogens is 264 g/mol. The fourth-order valence-corrected chi connectivity index (χ4v) is 2.07. The van der Waals surface area contributed by atoms with E-state index in [-0.39, 0.29) is 12.5 Å². The van der Waals surface area contributed by atoms with E-state index < -0.39 is 0 Å². The Morgan fingerprint density at radius 3 is 2.74 bits per heavy atom. The number of hydrogen-bond acceptors (Lipinski definition) is 4. The van der Waals surface area contributed by atoms with Crippen LogP contribution in [-0.4, -0.2) is 28.7 Å². The summed E-state index contributed by atoms with van der Waals surface area (Å²) in [7, 11) is 0. The van der Waals surface area contributed by atoms with Crippen molar-refractivity contribution in [1.29, 1.82) is 0 Å². The molecule has 3 rings (SSSR count). The highest BCUT2D eigenvalue weighted by Gasteiger charge is 2.23. The van der Waals surface area contributed by atoms with E-state index in [0.717, 1.165) is 23.6 Å². The van der Waals surface area contributed by atoms with Gasteiger partial charge in [0, 0.05) is 16.8 Å². The zero-order valence-corrected chi connectivity index (χ0v) is 10.9. The van der Waals surface area contributed by atoms with Crippen molar-refractivity contribution < 1.29 is 4.79 Å². The summed E-state index contributed by atoms with van der Waals surface area (Å²) in [5.41, 5.74) is 0. The molecule has 1 amide bonds. The third-order valence-electron chi connectivity index (χ3n) is 3.00. The van der Waals surface area contributed by atoms with Gasteiger partial charge >= 0.3 is 0 Å². The zero-order valence-electron chi connectivity index (χ0n) is 10.2. The quantitative estimate of drug-likeness (QED) is 0.896. The first kappa shape index (κ1) is 12.2. The molecule has 1 fully saturated rings. The van der Waals surface area contributed by atoms with Crippen molar-refractivity contribution in [3.8, 4) is 0 Å². The molecule has 0 aliphatic heterocycles. The normalized spacial score (nSPS) is 14.4. The van der Waals surface area contributed by atoms with Crippen LogP contribution in [0.3, 0.4) is 0 Å². The molecule has 0 unspecified atom stereocenters. The van der Waals surface area contributed by atoms with Crippen LogP contribution >= 0.6 is 11.6 Å². The second-order valence-corrected chi connectivity index (χ2v) is 4.94. The van der Waals surface area contributed by atoms with Gasteiger partial charge in [0.05, 0.1) is 6.54 Å². The number of carbonyl (C=O) groups excluding carboxylic acids is 1. The number of anilines is 1. The van der Waals surface area contributed by atoms with Crippen LogP contribution < -0.4 is 10.6 Å². The highest BCUT2D eigenvalue weighted by molar-refractivity contribution is 6.34. The molecule has 19 heavy (non-hydrogen) atoms. The number of nitrogens with one attached hydrogen (secondary N) is 2. The number of rotatable bonds is 4. The standard InChI is InChI=1S/C13H13ClN4O/c14-12-9-3-1-2-4-10(9)13(18-17-12)15-7-11(19)16-8-5-6-8/h1-4,8H,5-7H2,(H,15,18)(H,16,19). The number of nitrogens with zero attached hydrogens (tertiary/aromatic N) is 2. The van der Waals surface area contributed by atoms with Crippen molar-refractivity contribution in [3.05, 3.63) is 29.4 Å². The van der Waals surface area contributed by atoms with Crippen molar-refractivity contribution in [1.82, 2.24) is 15.5 Å². The Kier molecular flexibility index (Phi) is 3.21. The third kappa shape index (κ3) is 2.76. The Bertz CT molecular complexity index is 627. The number of fused-ring (bicyclic) bond motifs is 1. The van der Waals surface area contributed by atoms with Crippen LogP contribution in [0, 0.1) is 0 Å². The number of amides is 1. The average Bonchev–Trinajstić information content (AvgIpc) is 3.22. The fraction of sp³-hybridized carbons (Fsp3) is 0.308. The molecule has 1 aromatic heterocycles.